The highest BCUT2D eigenvalue weighted by Gasteiger charge is 2.05. The minimum atomic E-state index is 0.371. The van der Waals surface area contributed by atoms with Gasteiger partial charge in [-0.15, -0.1) is 5.10 Å². The van der Waals surface area contributed by atoms with Gasteiger partial charge in [-0.25, -0.2) is 0 Å². The standard InChI is InChI=1S/C17H13BrN6/c1-11-8-13(6-7-14(11)18)21-17-23-16(10-20-24-17)22-15-5-3-2-4-12(15)9-19/h2-8,10H,1H3,(H2,21,22,23,24). The first-order valence-corrected chi connectivity index (χ1v) is 7.94. The number of nitriles is 1. The van der Waals surface area contributed by atoms with Crippen LogP contribution in [0.15, 0.2) is 53.1 Å². The van der Waals surface area contributed by atoms with Crippen LogP contribution in [0.4, 0.5) is 23.1 Å². The third-order valence-corrected chi connectivity index (χ3v) is 4.17. The van der Waals surface area contributed by atoms with E-state index in [-0.39, 0.29) is 0 Å². The van der Waals surface area contributed by atoms with Crippen molar-refractivity contribution in [1.82, 2.24) is 15.2 Å². The quantitative estimate of drug-likeness (QED) is 0.701. The molecule has 1 heterocycles. The molecule has 0 aliphatic heterocycles. The molecule has 3 rings (SSSR count). The third-order valence-electron chi connectivity index (χ3n) is 3.28. The van der Waals surface area contributed by atoms with Crippen molar-refractivity contribution in [2.45, 2.75) is 6.92 Å². The van der Waals surface area contributed by atoms with Gasteiger partial charge in [-0.1, -0.05) is 28.1 Å². The van der Waals surface area contributed by atoms with Gasteiger partial charge in [0.25, 0.3) is 0 Å². The van der Waals surface area contributed by atoms with E-state index in [1.165, 1.54) is 6.20 Å². The zero-order chi connectivity index (χ0) is 16.9. The zero-order valence-corrected chi connectivity index (χ0v) is 14.4. The van der Waals surface area contributed by atoms with Crippen LogP contribution in [0.2, 0.25) is 0 Å². The molecule has 3 aromatic rings. The van der Waals surface area contributed by atoms with Crippen LogP contribution in [0.1, 0.15) is 11.1 Å². The second-order valence-corrected chi connectivity index (χ2v) is 5.89. The van der Waals surface area contributed by atoms with Crippen LogP contribution in [0.25, 0.3) is 0 Å². The lowest BCUT2D eigenvalue weighted by Gasteiger charge is -2.09. The highest BCUT2D eigenvalue weighted by atomic mass is 79.9. The summed E-state index contributed by atoms with van der Waals surface area (Å²) < 4.78 is 1.04. The smallest absolute Gasteiger partial charge is 0.249 e. The van der Waals surface area contributed by atoms with Crippen molar-refractivity contribution in [3.63, 3.8) is 0 Å². The molecule has 0 fully saturated rings. The molecule has 0 atom stereocenters. The first-order chi connectivity index (χ1) is 11.7. The number of anilines is 4. The molecule has 0 unspecified atom stereocenters. The number of hydrogen-bond acceptors (Lipinski definition) is 6. The minimum Gasteiger partial charge on any atom is -0.338 e. The summed E-state index contributed by atoms with van der Waals surface area (Å²) in [4.78, 5) is 4.37. The van der Waals surface area contributed by atoms with Crippen molar-refractivity contribution in [2.75, 3.05) is 10.6 Å². The average molecular weight is 381 g/mol. The van der Waals surface area contributed by atoms with Gasteiger partial charge >= 0.3 is 0 Å². The molecule has 0 radical (unpaired) electrons. The molecule has 24 heavy (non-hydrogen) atoms. The Hall–Kier alpha value is -2.98. The van der Waals surface area contributed by atoms with Gasteiger partial charge in [0.15, 0.2) is 5.82 Å². The molecular formula is C17H13BrN6. The first-order valence-electron chi connectivity index (χ1n) is 7.15. The molecule has 118 valence electrons. The minimum absolute atomic E-state index is 0.371. The molecule has 0 amide bonds. The monoisotopic (exact) mass is 380 g/mol. The summed E-state index contributed by atoms with van der Waals surface area (Å²) in [6, 6.07) is 15.2. The molecule has 0 aliphatic rings. The largest absolute Gasteiger partial charge is 0.338 e. The first kappa shape index (κ1) is 15.9. The SMILES string of the molecule is Cc1cc(Nc2nncc(Nc3ccccc3C#N)n2)ccc1Br. The van der Waals surface area contributed by atoms with Gasteiger partial charge in [0.05, 0.1) is 17.4 Å². The van der Waals surface area contributed by atoms with Gasteiger partial charge in [-0.2, -0.15) is 15.3 Å². The number of aryl methyl sites for hydroxylation is 1. The third kappa shape index (κ3) is 3.67. The number of benzene rings is 2. The summed E-state index contributed by atoms with van der Waals surface area (Å²) in [7, 11) is 0. The Morgan fingerprint density at radius 2 is 1.96 bits per heavy atom. The average Bonchev–Trinajstić information content (AvgIpc) is 2.59. The van der Waals surface area contributed by atoms with Gasteiger partial charge in [-0.3, -0.25) is 0 Å². The predicted octanol–water partition coefficient (Wildman–Crippen LogP) is 4.30. The van der Waals surface area contributed by atoms with Crippen LogP contribution in [0.5, 0.6) is 0 Å². The molecule has 0 saturated carbocycles. The Morgan fingerprint density at radius 1 is 1.12 bits per heavy atom. The van der Waals surface area contributed by atoms with E-state index in [0.29, 0.717) is 23.0 Å². The van der Waals surface area contributed by atoms with Crippen molar-refractivity contribution < 1.29 is 0 Å². The summed E-state index contributed by atoms with van der Waals surface area (Å²) >= 11 is 3.47. The van der Waals surface area contributed by atoms with Gasteiger partial charge in [0.1, 0.15) is 6.07 Å². The normalized spacial score (nSPS) is 10.0. The fraction of sp³-hybridized carbons (Fsp3) is 0.0588. The lowest BCUT2D eigenvalue weighted by Crippen LogP contribution is -2.03. The topological polar surface area (TPSA) is 86.5 Å². The summed E-state index contributed by atoms with van der Waals surface area (Å²) in [5.74, 6) is 0.875. The molecule has 0 spiro atoms. The van der Waals surface area contributed by atoms with Gasteiger partial charge in [-0.05, 0) is 42.8 Å². The molecule has 2 N–H and O–H groups in total. The van der Waals surface area contributed by atoms with E-state index >= 15 is 0 Å². The van der Waals surface area contributed by atoms with Crippen molar-refractivity contribution >= 4 is 39.1 Å². The maximum atomic E-state index is 9.14. The van der Waals surface area contributed by atoms with E-state index in [9.17, 15) is 0 Å². The van der Waals surface area contributed by atoms with E-state index in [0.717, 1.165) is 15.7 Å². The Balaban J connectivity index is 1.81. The zero-order valence-electron chi connectivity index (χ0n) is 12.8. The number of nitrogens with zero attached hydrogens (tertiary/aromatic N) is 4. The second-order valence-electron chi connectivity index (χ2n) is 5.04. The van der Waals surface area contributed by atoms with Crippen LogP contribution in [-0.4, -0.2) is 15.2 Å². The van der Waals surface area contributed by atoms with Crippen molar-refractivity contribution in [1.29, 1.82) is 5.26 Å². The van der Waals surface area contributed by atoms with E-state index in [1.54, 1.807) is 6.07 Å². The van der Waals surface area contributed by atoms with Crippen LogP contribution in [0.3, 0.4) is 0 Å². The molecule has 0 bridgehead atoms. The van der Waals surface area contributed by atoms with Gasteiger partial charge < -0.3 is 10.6 Å². The molecule has 6 nitrogen and oxygen atoms in total. The van der Waals surface area contributed by atoms with Crippen LogP contribution in [-0.2, 0) is 0 Å². The van der Waals surface area contributed by atoms with Crippen LogP contribution in [0, 0.1) is 18.3 Å². The summed E-state index contributed by atoms with van der Waals surface area (Å²) in [6.07, 6.45) is 1.51. The van der Waals surface area contributed by atoms with E-state index in [2.05, 4.69) is 47.8 Å². The molecule has 2 aromatic carbocycles. The Labute approximate surface area is 147 Å². The molecule has 0 aliphatic carbocycles. The number of rotatable bonds is 4. The Morgan fingerprint density at radius 3 is 2.75 bits per heavy atom. The summed E-state index contributed by atoms with van der Waals surface area (Å²) in [5, 5.41) is 23.3. The highest BCUT2D eigenvalue weighted by molar-refractivity contribution is 9.10. The van der Waals surface area contributed by atoms with E-state index in [4.69, 9.17) is 5.26 Å². The number of hydrogen-bond donors (Lipinski definition) is 2. The lowest BCUT2D eigenvalue weighted by atomic mass is 10.2. The van der Waals surface area contributed by atoms with Crippen molar-refractivity contribution in [2.24, 2.45) is 0 Å². The van der Waals surface area contributed by atoms with E-state index < -0.39 is 0 Å². The fourth-order valence-corrected chi connectivity index (χ4v) is 2.34. The van der Waals surface area contributed by atoms with Crippen molar-refractivity contribution in [3.05, 3.63) is 64.3 Å². The Bertz CT molecular complexity index is 919. The summed E-state index contributed by atoms with van der Waals surface area (Å²) in [6.45, 7) is 2.01. The second kappa shape index (κ2) is 7.06. The summed E-state index contributed by atoms with van der Waals surface area (Å²) in [5.41, 5.74) is 3.18. The van der Waals surface area contributed by atoms with E-state index in [1.807, 2.05) is 43.3 Å². The lowest BCUT2D eigenvalue weighted by molar-refractivity contribution is 0.982. The van der Waals surface area contributed by atoms with Crippen molar-refractivity contribution in [3.8, 4) is 6.07 Å². The van der Waals surface area contributed by atoms with Crippen LogP contribution < -0.4 is 10.6 Å². The number of halogens is 1. The predicted molar refractivity (Wildman–Crippen MR) is 96.4 cm³/mol. The Kier molecular flexibility index (Phi) is 4.68. The molecule has 1 aromatic heterocycles. The van der Waals surface area contributed by atoms with Gasteiger partial charge in [0.2, 0.25) is 5.95 Å². The molecule has 0 saturated heterocycles. The number of para-hydroxylation sites is 1. The number of nitrogens with one attached hydrogen (secondary N) is 2. The fourth-order valence-electron chi connectivity index (χ4n) is 2.10. The number of aromatic nitrogens is 3. The maximum Gasteiger partial charge on any atom is 0.249 e. The van der Waals surface area contributed by atoms with Gasteiger partial charge in [0, 0.05) is 10.2 Å². The molecule has 7 heteroatoms. The maximum absolute atomic E-state index is 9.14. The van der Waals surface area contributed by atoms with Crippen LogP contribution >= 0.6 is 15.9 Å². The highest BCUT2D eigenvalue weighted by Crippen LogP contribution is 2.23. The molecular weight excluding hydrogens is 368 g/mol.